The monoisotopic (exact) mass is 486 g/mol. The Bertz CT molecular complexity index is 1250. The van der Waals surface area contributed by atoms with Gasteiger partial charge in [0, 0.05) is 6.54 Å². The first-order valence-electron chi connectivity index (χ1n) is 10.4. The van der Waals surface area contributed by atoms with E-state index in [1.165, 1.54) is 20.2 Å². The highest BCUT2D eigenvalue weighted by Crippen LogP contribution is 2.39. The molecular formula is C21H27N8O4P. The first kappa shape index (κ1) is 25.3. The molecule has 2 heterocycles. The summed E-state index contributed by atoms with van der Waals surface area (Å²) in [5.41, 5.74) is 6.68. The zero-order chi connectivity index (χ0) is 24.9. The van der Waals surface area contributed by atoms with Gasteiger partial charge in [-0.1, -0.05) is 12.1 Å². The Kier molecular flexibility index (Phi) is 7.64. The number of carbonyl (C=O) groups is 1. The summed E-state index contributed by atoms with van der Waals surface area (Å²) in [7, 11) is -3.52. The van der Waals surface area contributed by atoms with Crippen molar-refractivity contribution in [2.45, 2.75) is 45.5 Å². The van der Waals surface area contributed by atoms with Crippen LogP contribution in [0.1, 0.15) is 31.9 Å². The molecule has 0 unspecified atom stereocenters. The predicted molar refractivity (Wildman–Crippen MR) is 126 cm³/mol. The van der Waals surface area contributed by atoms with Gasteiger partial charge in [0.15, 0.2) is 11.5 Å². The van der Waals surface area contributed by atoms with E-state index in [-0.39, 0.29) is 18.7 Å². The van der Waals surface area contributed by atoms with Crippen LogP contribution in [-0.4, -0.2) is 48.6 Å². The normalized spacial score (nSPS) is 14.4. The van der Waals surface area contributed by atoms with Crippen LogP contribution in [-0.2, 0) is 27.2 Å². The largest absolute Gasteiger partial charge is 0.480 e. The van der Waals surface area contributed by atoms with Gasteiger partial charge in [-0.15, -0.1) is 0 Å². The number of rotatable bonds is 11. The minimum atomic E-state index is -3.52. The van der Waals surface area contributed by atoms with Gasteiger partial charge < -0.3 is 20.1 Å². The highest BCUT2D eigenvalue weighted by Gasteiger charge is 2.36. The van der Waals surface area contributed by atoms with E-state index < -0.39 is 25.1 Å². The van der Waals surface area contributed by atoms with E-state index in [4.69, 9.17) is 15.7 Å². The molecule has 180 valence electrons. The number of ether oxygens (including phenoxy) is 1. The molecule has 0 aliphatic heterocycles. The van der Waals surface area contributed by atoms with Crippen LogP contribution in [0, 0.1) is 11.3 Å². The second-order valence-corrected chi connectivity index (χ2v) is 10.6. The molecule has 0 radical (unpaired) electrons. The standard InChI is InChI=1S/C21H27N8O4P/c1-14(10-29-12-26-17-18(23)24-11-25-19(17)29)33-13-34(32,28-21(2,3)20(30)31)27-9-16-6-4-15(8-22)5-7-16/h4-7,11-12,14H,9-10,13H2,1-3H3,(H,30,31)(H2,23,24,25)(H2,27,28,32)/t14-,34-/m1/s1. The van der Waals surface area contributed by atoms with E-state index >= 15 is 0 Å². The average molecular weight is 486 g/mol. The molecule has 0 amide bonds. The van der Waals surface area contributed by atoms with Crippen molar-refractivity contribution in [2.24, 2.45) is 0 Å². The van der Waals surface area contributed by atoms with Gasteiger partial charge in [0.1, 0.15) is 23.7 Å². The van der Waals surface area contributed by atoms with Crippen LogP contribution in [0.5, 0.6) is 0 Å². The SMILES string of the molecule is C[C@H](Cn1cnc2c(N)ncnc21)OC[P@@](=O)(NCc1ccc(C#N)cc1)NC(C)(C)C(=O)O. The summed E-state index contributed by atoms with van der Waals surface area (Å²) < 4.78 is 21.3. The Morgan fingerprint density at radius 1 is 1.32 bits per heavy atom. The van der Waals surface area contributed by atoms with Crippen LogP contribution >= 0.6 is 7.44 Å². The molecule has 2 atom stereocenters. The summed E-state index contributed by atoms with van der Waals surface area (Å²) in [6.07, 6.45) is 2.25. The molecule has 12 nitrogen and oxygen atoms in total. The number of hydrogen-bond donors (Lipinski definition) is 4. The molecule has 3 aromatic rings. The van der Waals surface area contributed by atoms with Gasteiger partial charge in [0.25, 0.3) is 0 Å². The van der Waals surface area contributed by atoms with Crippen molar-refractivity contribution >= 4 is 30.4 Å². The Morgan fingerprint density at radius 2 is 2.03 bits per heavy atom. The van der Waals surface area contributed by atoms with Gasteiger partial charge in [-0.25, -0.2) is 25.1 Å². The molecule has 0 aliphatic rings. The fourth-order valence-electron chi connectivity index (χ4n) is 3.13. The number of fused-ring (bicyclic) bond motifs is 1. The Labute approximate surface area is 196 Å². The van der Waals surface area contributed by atoms with Crippen molar-refractivity contribution in [2.75, 3.05) is 12.1 Å². The van der Waals surface area contributed by atoms with Crippen LogP contribution in [0.25, 0.3) is 11.2 Å². The summed E-state index contributed by atoms with van der Waals surface area (Å²) in [6, 6.07) is 8.82. The van der Waals surface area contributed by atoms with Crippen LogP contribution in [0.15, 0.2) is 36.9 Å². The zero-order valence-corrected chi connectivity index (χ0v) is 20.0. The number of hydrogen-bond acceptors (Lipinski definition) is 8. The molecule has 13 heteroatoms. The number of aromatic nitrogens is 4. The van der Waals surface area contributed by atoms with Crippen LogP contribution in [0.2, 0.25) is 0 Å². The highest BCUT2D eigenvalue weighted by molar-refractivity contribution is 7.59. The molecule has 0 aliphatic carbocycles. The van der Waals surface area contributed by atoms with Gasteiger partial charge in [0.2, 0.25) is 7.44 Å². The zero-order valence-electron chi connectivity index (χ0n) is 19.1. The van der Waals surface area contributed by atoms with Gasteiger partial charge in [-0.05, 0) is 38.5 Å². The lowest BCUT2D eigenvalue weighted by molar-refractivity contribution is -0.142. The molecular weight excluding hydrogens is 459 g/mol. The summed E-state index contributed by atoms with van der Waals surface area (Å²) in [5.74, 6) is -0.878. The van der Waals surface area contributed by atoms with Gasteiger partial charge in [-0.3, -0.25) is 9.36 Å². The maximum Gasteiger partial charge on any atom is 0.323 e. The fraction of sp³-hybridized carbons (Fsp3) is 0.381. The second kappa shape index (κ2) is 10.3. The first-order chi connectivity index (χ1) is 16.0. The molecule has 2 aromatic heterocycles. The van der Waals surface area contributed by atoms with Crippen molar-refractivity contribution in [3.63, 3.8) is 0 Å². The van der Waals surface area contributed by atoms with Gasteiger partial charge in [0.05, 0.1) is 30.6 Å². The summed E-state index contributed by atoms with van der Waals surface area (Å²) in [4.78, 5) is 24.0. The van der Waals surface area contributed by atoms with E-state index in [1.807, 2.05) is 6.07 Å². The summed E-state index contributed by atoms with van der Waals surface area (Å²) in [5, 5.41) is 24.1. The third-order valence-corrected chi connectivity index (χ3v) is 7.14. The minimum absolute atomic E-state index is 0.186. The number of nitrogen functional groups attached to an aromatic ring is 1. The maximum absolute atomic E-state index is 13.7. The Hall–Kier alpha value is -3.36. The number of benzene rings is 1. The molecule has 0 bridgehead atoms. The third kappa shape index (κ3) is 6.15. The molecule has 3 rings (SSSR count). The molecule has 0 fully saturated rings. The lowest BCUT2D eigenvalue weighted by atomic mass is 10.1. The minimum Gasteiger partial charge on any atom is -0.480 e. The van der Waals surface area contributed by atoms with Crippen molar-refractivity contribution in [1.29, 1.82) is 5.26 Å². The molecule has 1 aromatic carbocycles. The van der Waals surface area contributed by atoms with Gasteiger partial charge >= 0.3 is 5.97 Å². The predicted octanol–water partition coefficient (Wildman–Crippen LogP) is 2.08. The third-order valence-electron chi connectivity index (χ3n) is 5.04. The Morgan fingerprint density at radius 3 is 2.68 bits per heavy atom. The van der Waals surface area contributed by atoms with Crippen molar-refractivity contribution < 1.29 is 19.2 Å². The molecule has 34 heavy (non-hydrogen) atoms. The van der Waals surface area contributed by atoms with Crippen LogP contribution in [0.4, 0.5) is 5.82 Å². The molecule has 5 N–H and O–H groups in total. The number of nitrogens with zero attached hydrogens (tertiary/aromatic N) is 5. The molecule has 0 spiro atoms. The van der Waals surface area contributed by atoms with E-state index in [1.54, 1.807) is 42.1 Å². The van der Waals surface area contributed by atoms with E-state index in [2.05, 4.69) is 25.1 Å². The van der Waals surface area contributed by atoms with Crippen LogP contribution < -0.4 is 15.9 Å². The Balaban J connectivity index is 1.70. The quantitative estimate of drug-likeness (QED) is 0.291. The van der Waals surface area contributed by atoms with Crippen molar-refractivity contribution in [1.82, 2.24) is 29.7 Å². The highest BCUT2D eigenvalue weighted by atomic mass is 31.2. The van der Waals surface area contributed by atoms with Crippen molar-refractivity contribution in [3.8, 4) is 6.07 Å². The number of anilines is 1. The average Bonchev–Trinajstić information content (AvgIpc) is 3.20. The van der Waals surface area contributed by atoms with Gasteiger partial charge in [-0.2, -0.15) is 5.26 Å². The topological polar surface area (TPSA) is 181 Å². The molecule has 0 saturated heterocycles. The summed E-state index contributed by atoms with van der Waals surface area (Å²) in [6.45, 7) is 5.19. The number of nitriles is 1. The summed E-state index contributed by atoms with van der Waals surface area (Å²) >= 11 is 0. The lowest BCUT2D eigenvalue weighted by Crippen LogP contribution is -2.47. The number of aliphatic carboxylic acids is 1. The maximum atomic E-state index is 13.7. The van der Waals surface area contributed by atoms with Crippen LogP contribution in [0.3, 0.4) is 0 Å². The molecule has 0 saturated carbocycles. The number of carboxylic acids is 1. The fourth-order valence-corrected chi connectivity index (χ4v) is 5.26. The van der Waals surface area contributed by atoms with E-state index in [0.717, 1.165) is 5.56 Å². The smallest absolute Gasteiger partial charge is 0.323 e. The van der Waals surface area contributed by atoms with E-state index in [9.17, 15) is 14.5 Å². The number of carboxylic acid groups (broad SMARTS) is 1. The number of nitrogens with one attached hydrogen (secondary N) is 2. The number of nitrogens with two attached hydrogens (primary N) is 1. The number of imidazole rings is 1. The van der Waals surface area contributed by atoms with Crippen molar-refractivity contribution in [3.05, 3.63) is 48.0 Å². The first-order valence-corrected chi connectivity index (χ1v) is 12.3. The van der Waals surface area contributed by atoms with E-state index in [0.29, 0.717) is 23.3 Å². The second-order valence-electron chi connectivity index (χ2n) is 8.36. The lowest BCUT2D eigenvalue weighted by Gasteiger charge is -2.30.